The van der Waals surface area contributed by atoms with E-state index in [0.717, 1.165) is 19.7 Å². The summed E-state index contributed by atoms with van der Waals surface area (Å²) in [5.41, 5.74) is 0. The summed E-state index contributed by atoms with van der Waals surface area (Å²) in [6.45, 7) is 3.37. The van der Waals surface area contributed by atoms with Crippen molar-refractivity contribution in [3.05, 3.63) is 29.3 Å². The van der Waals surface area contributed by atoms with E-state index in [2.05, 4.69) is 10.2 Å². The highest BCUT2D eigenvalue weighted by molar-refractivity contribution is 6.30. The van der Waals surface area contributed by atoms with Crippen molar-refractivity contribution in [2.75, 3.05) is 32.8 Å². The summed E-state index contributed by atoms with van der Waals surface area (Å²) in [6.07, 6.45) is 2.56. The van der Waals surface area contributed by atoms with E-state index in [9.17, 15) is 4.79 Å². The van der Waals surface area contributed by atoms with Gasteiger partial charge in [0.2, 0.25) is 0 Å². The second-order valence-corrected chi connectivity index (χ2v) is 6.23. The SMILES string of the molecule is O=C(COc1ccc(Cl)cc1)NC[C@H]1CN2CCC[C@H]2CO1. The van der Waals surface area contributed by atoms with Crippen LogP contribution in [0.2, 0.25) is 5.02 Å². The zero-order chi connectivity index (χ0) is 15.4. The number of carbonyl (C=O) groups excluding carboxylic acids is 1. The van der Waals surface area contributed by atoms with Gasteiger partial charge in [0, 0.05) is 24.2 Å². The zero-order valence-corrected chi connectivity index (χ0v) is 13.2. The van der Waals surface area contributed by atoms with Gasteiger partial charge in [-0.2, -0.15) is 0 Å². The lowest BCUT2D eigenvalue weighted by Gasteiger charge is -2.35. The molecule has 0 radical (unpaired) electrons. The molecule has 5 nitrogen and oxygen atoms in total. The summed E-state index contributed by atoms with van der Waals surface area (Å²) in [5, 5.41) is 3.52. The van der Waals surface area contributed by atoms with Crippen LogP contribution < -0.4 is 10.1 Å². The Bertz CT molecular complexity index is 509. The van der Waals surface area contributed by atoms with Crippen LogP contribution in [0, 0.1) is 0 Å². The Hall–Kier alpha value is -1.30. The van der Waals surface area contributed by atoms with Crippen LogP contribution in [0.5, 0.6) is 5.75 Å². The number of hydrogen-bond donors (Lipinski definition) is 1. The Kier molecular flexibility index (Phi) is 5.18. The fourth-order valence-electron chi connectivity index (χ4n) is 2.97. The summed E-state index contributed by atoms with van der Waals surface area (Å²) in [4.78, 5) is 14.3. The predicted molar refractivity (Wildman–Crippen MR) is 84.3 cm³/mol. The van der Waals surface area contributed by atoms with Gasteiger partial charge < -0.3 is 14.8 Å². The van der Waals surface area contributed by atoms with Crippen molar-refractivity contribution in [2.45, 2.75) is 25.0 Å². The highest BCUT2D eigenvalue weighted by atomic mass is 35.5. The molecule has 2 saturated heterocycles. The lowest BCUT2D eigenvalue weighted by molar-refractivity contribution is -0.124. The average Bonchev–Trinajstić information content (AvgIpc) is 3.00. The summed E-state index contributed by atoms with van der Waals surface area (Å²) in [6, 6.07) is 7.54. The maximum Gasteiger partial charge on any atom is 0.258 e. The van der Waals surface area contributed by atoms with E-state index in [1.165, 1.54) is 12.8 Å². The minimum Gasteiger partial charge on any atom is -0.484 e. The number of benzene rings is 1. The van der Waals surface area contributed by atoms with E-state index < -0.39 is 0 Å². The van der Waals surface area contributed by atoms with Gasteiger partial charge in [0.1, 0.15) is 5.75 Å². The maximum atomic E-state index is 11.8. The third-order valence-corrected chi connectivity index (χ3v) is 4.42. The molecule has 2 heterocycles. The Morgan fingerprint density at radius 2 is 2.23 bits per heavy atom. The summed E-state index contributed by atoms with van der Waals surface area (Å²) >= 11 is 5.80. The number of morpholine rings is 1. The van der Waals surface area contributed by atoms with E-state index in [0.29, 0.717) is 23.4 Å². The van der Waals surface area contributed by atoms with Gasteiger partial charge in [-0.05, 0) is 43.7 Å². The quantitative estimate of drug-likeness (QED) is 0.895. The molecule has 1 aromatic rings. The average molecular weight is 325 g/mol. The van der Waals surface area contributed by atoms with Gasteiger partial charge in [-0.1, -0.05) is 11.6 Å². The van der Waals surface area contributed by atoms with Crippen LogP contribution in [0.15, 0.2) is 24.3 Å². The van der Waals surface area contributed by atoms with Gasteiger partial charge in [-0.15, -0.1) is 0 Å². The molecule has 0 spiro atoms. The van der Waals surface area contributed by atoms with Crippen LogP contribution in [0.25, 0.3) is 0 Å². The summed E-state index contributed by atoms with van der Waals surface area (Å²) < 4.78 is 11.2. The molecule has 1 N–H and O–H groups in total. The molecule has 1 amide bonds. The Morgan fingerprint density at radius 3 is 3.05 bits per heavy atom. The minimum absolute atomic E-state index is 0.000686. The van der Waals surface area contributed by atoms with E-state index in [1.54, 1.807) is 24.3 Å². The zero-order valence-electron chi connectivity index (χ0n) is 12.5. The second-order valence-electron chi connectivity index (χ2n) is 5.79. The Labute approximate surface area is 135 Å². The molecule has 2 aliphatic heterocycles. The van der Waals surface area contributed by atoms with Crippen molar-refractivity contribution in [1.82, 2.24) is 10.2 Å². The van der Waals surface area contributed by atoms with Gasteiger partial charge in [0.05, 0.1) is 12.7 Å². The Morgan fingerprint density at radius 1 is 1.41 bits per heavy atom. The first-order valence-electron chi connectivity index (χ1n) is 7.71. The standard InChI is InChI=1S/C16H21ClN2O3/c17-12-3-5-14(6-4-12)22-11-16(20)18-8-15-9-19-7-1-2-13(19)10-21-15/h3-6,13,15H,1-2,7-11H2,(H,18,20)/t13-,15-/m0/s1. The molecule has 0 aliphatic carbocycles. The van der Waals surface area contributed by atoms with Crippen molar-refractivity contribution in [3.63, 3.8) is 0 Å². The van der Waals surface area contributed by atoms with Crippen LogP contribution in [-0.2, 0) is 9.53 Å². The number of nitrogens with zero attached hydrogens (tertiary/aromatic N) is 1. The number of ether oxygens (including phenoxy) is 2. The molecule has 0 saturated carbocycles. The van der Waals surface area contributed by atoms with Crippen molar-refractivity contribution < 1.29 is 14.3 Å². The van der Waals surface area contributed by atoms with E-state index in [1.807, 2.05) is 0 Å². The van der Waals surface area contributed by atoms with Gasteiger partial charge >= 0.3 is 0 Å². The lowest BCUT2D eigenvalue weighted by Crippen LogP contribution is -2.50. The van der Waals surface area contributed by atoms with Crippen LogP contribution in [-0.4, -0.2) is 55.8 Å². The molecular formula is C16H21ClN2O3. The largest absolute Gasteiger partial charge is 0.484 e. The molecule has 2 aliphatic rings. The summed E-state index contributed by atoms with van der Waals surface area (Å²) in [7, 11) is 0. The van der Waals surface area contributed by atoms with Crippen molar-refractivity contribution in [3.8, 4) is 5.75 Å². The van der Waals surface area contributed by atoms with Crippen molar-refractivity contribution in [1.29, 1.82) is 0 Å². The lowest BCUT2D eigenvalue weighted by atomic mass is 10.2. The fraction of sp³-hybridized carbons (Fsp3) is 0.562. The number of rotatable bonds is 5. The maximum absolute atomic E-state index is 11.8. The molecule has 6 heteroatoms. The smallest absolute Gasteiger partial charge is 0.258 e. The molecule has 1 aromatic carbocycles. The van der Waals surface area contributed by atoms with E-state index in [-0.39, 0.29) is 18.6 Å². The molecular weight excluding hydrogens is 304 g/mol. The number of nitrogens with one attached hydrogen (secondary N) is 1. The number of carbonyl (C=O) groups is 1. The van der Waals surface area contributed by atoms with Crippen LogP contribution in [0.1, 0.15) is 12.8 Å². The first-order valence-corrected chi connectivity index (χ1v) is 8.09. The molecule has 2 fully saturated rings. The van der Waals surface area contributed by atoms with E-state index >= 15 is 0 Å². The van der Waals surface area contributed by atoms with E-state index in [4.69, 9.17) is 21.1 Å². The first kappa shape index (κ1) is 15.6. The molecule has 3 rings (SSSR count). The molecule has 0 aromatic heterocycles. The monoisotopic (exact) mass is 324 g/mol. The van der Waals surface area contributed by atoms with Crippen molar-refractivity contribution >= 4 is 17.5 Å². The van der Waals surface area contributed by atoms with Crippen molar-refractivity contribution in [2.24, 2.45) is 0 Å². The van der Waals surface area contributed by atoms with Gasteiger partial charge in [0.15, 0.2) is 6.61 Å². The molecule has 0 bridgehead atoms. The van der Waals surface area contributed by atoms with Gasteiger partial charge in [-0.3, -0.25) is 9.69 Å². The van der Waals surface area contributed by atoms with Crippen LogP contribution >= 0.6 is 11.6 Å². The predicted octanol–water partition coefficient (Wildman–Crippen LogP) is 1.70. The highest BCUT2D eigenvalue weighted by Crippen LogP contribution is 2.22. The molecule has 22 heavy (non-hydrogen) atoms. The third-order valence-electron chi connectivity index (χ3n) is 4.17. The normalized spacial score (nSPS) is 24.8. The Balaban J connectivity index is 1.36. The summed E-state index contributed by atoms with van der Waals surface area (Å²) in [5.74, 6) is 0.496. The first-order chi connectivity index (χ1) is 10.7. The highest BCUT2D eigenvalue weighted by Gasteiger charge is 2.32. The number of hydrogen-bond acceptors (Lipinski definition) is 4. The molecule has 120 valence electrons. The molecule has 0 unspecified atom stereocenters. The molecule has 2 atom stereocenters. The van der Waals surface area contributed by atoms with Gasteiger partial charge in [-0.25, -0.2) is 0 Å². The van der Waals surface area contributed by atoms with Crippen LogP contribution in [0.4, 0.5) is 0 Å². The minimum atomic E-state index is -0.137. The topological polar surface area (TPSA) is 50.8 Å². The van der Waals surface area contributed by atoms with Gasteiger partial charge in [0.25, 0.3) is 5.91 Å². The third kappa shape index (κ3) is 4.12. The fourth-order valence-corrected chi connectivity index (χ4v) is 3.09. The number of fused-ring (bicyclic) bond motifs is 1. The van der Waals surface area contributed by atoms with Crippen LogP contribution in [0.3, 0.4) is 0 Å². The number of amides is 1. The second kappa shape index (κ2) is 7.31. The number of halogens is 1.